The van der Waals surface area contributed by atoms with Crippen molar-refractivity contribution in [2.24, 2.45) is 0 Å². The molecule has 0 spiro atoms. The monoisotopic (exact) mass is 291 g/mol. The van der Waals surface area contributed by atoms with Gasteiger partial charge in [0.05, 0.1) is 5.75 Å². The van der Waals surface area contributed by atoms with Gasteiger partial charge in [-0.05, 0) is 29.3 Å². The summed E-state index contributed by atoms with van der Waals surface area (Å²) in [6, 6.07) is 10.5. The van der Waals surface area contributed by atoms with E-state index in [9.17, 15) is 8.42 Å². The summed E-state index contributed by atoms with van der Waals surface area (Å²) in [7, 11) is -1.81. The van der Waals surface area contributed by atoms with E-state index < -0.39 is 10.0 Å². The number of anilines is 1. The van der Waals surface area contributed by atoms with Gasteiger partial charge < -0.3 is 5.73 Å². The van der Waals surface area contributed by atoms with Crippen LogP contribution in [0, 0.1) is 0 Å². The number of benzene rings is 1. The molecule has 0 unspecified atom stereocenters. The van der Waals surface area contributed by atoms with Gasteiger partial charge in [0.2, 0.25) is 10.0 Å². The van der Waals surface area contributed by atoms with Gasteiger partial charge >= 0.3 is 0 Å². The fraction of sp³-hybridized carbons (Fsp3) is 0.214. The SMILES string of the molecule is CN(Cc1cccnc1)S(=O)(=O)Cc1cccc(N)c1. The Morgan fingerprint density at radius 3 is 2.60 bits per heavy atom. The lowest BCUT2D eigenvalue weighted by Gasteiger charge is -2.17. The Morgan fingerprint density at radius 1 is 1.20 bits per heavy atom. The first kappa shape index (κ1) is 14.5. The van der Waals surface area contributed by atoms with Gasteiger partial charge in [-0.25, -0.2) is 12.7 Å². The summed E-state index contributed by atoms with van der Waals surface area (Å²) in [6.07, 6.45) is 3.32. The van der Waals surface area contributed by atoms with Crippen LogP contribution in [-0.4, -0.2) is 24.8 Å². The molecule has 0 atom stereocenters. The molecule has 106 valence electrons. The number of nitrogen functional groups attached to an aromatic ring is 1. The van der Waals surface area contributed by atoms with Gasteiger partial charge in [0.1, 0.15) is 0 Å². The van der Waals surface area contributed by atoms with Crippen LogP contribution in [0.3, 0.4) is 0 Å². The Balaban J connectivity index is 2.10. The minimum absolute atomic E-state index is 0.0607. The van der Waals surface area contributed by atoms with Gasteiger partial charge in [-0.1, -0.05) is 18.2 Å². The Hall–Kier alpha value is -1.92. The Morgan fingerprint density at radius 2 is 1.95 bits per heavy atom. The van der Waals surface area contributed by atoms with Crippen molar-refractivity contribution in [1.29, 1.82) is 0 Å². The largest absolute Gasteiger partial charge is 0.399 e. The van der Waals surface area contributed by atoms with E-state index >= 15 is 0 Å². The van der Waals surface area contributed by atoms with Crippen LogP contribution in [0.1, 0.15) is 11.1 Å². The molecule has 0 saturated carbocycles. The van der Waals surface area contributed by atoms with Gasteiger partial charge in [0.25, 0.3) is 0 Å². The maximum Gasteiger partial charge on any atom is 0.218 e. The van der Waals surface area contributed by atoms with Gasteiger partial charge in [-0.15, -0.1) is 0 Å². The molecule has 1 aromatic carbocycles. The number of hydrogen-bond donors (Lipinski definition) is 1. The second-order valence-electron chi connectivity index (χ2n) is 4.62. The molecule has 2 rings (SSSR count). The van der Waals surface area contributed by atoms with Crippen LogP contribution >= 0.6 is 0 Å². The highest BCUT2D eigenvalue weighted by atomic mass is 32.2. The number of nitrogens with two attached hydrogens (primary N) is 1. The van der Waals surface area contributed by atoms with Crippen molar-refractivity contribution in [2.45, 2.75) is 12.3 Å². The molecule has 1 aromatic heterocycles. The second kappa shape index (κ2) is 6.02. The summed E-state index contributed by atoms with van der Waals surface area (Å²) >= 11 is 0. The van der Waals surface area contributed by atoms with Gasteiger partial charge in [0.15, 0.2) is 0 Å². The second-order valence-corrected chi connectivity index (χ2v) is 6.69. The van der Waals surface area contributed by atoms with E-state index in [2.05, 4.69) is 4.98 Å². The van der Waals surface area contributed by atoms with Crippen molar-refractivity contribution in [3.63, 3.8) is 0 Å². The highest BCUT2D eigenvalue weighted by Gasteiger charge is 2.18. The molecule has 0 fully saturated rings. The average Bonchev–Trinajstić information content (AvgIpc) is 2.39. The lowest BCUT2D eigenvalue weighted by Crippen LogP contribution is -2.27. The maximum absolute atomic E-state index is 12.3. The topological polar surface area (TPSA) is 76.3 Å². The van der Waals surface area contributed by atoms with Crippen LogP contribution < -0.4 is 5.73 Å². The lowest BCUT2D eigenvalue weighted by molar-refractivity contribution is 0.465. The lowest BCUT2D eigenvalue weighted by atomic mass is 10.2. The van der Waals surface area contributed by atoms with Crippen LogP contribution in [0.4, 0.5) is 5.69 Å². The van der Waals surface area contributed by atoms with Gasteiger partial charge in [-0.3, -0.25) is 4.98 Å². The molecule has 1 heterocycles. The third-order valence-corrected chi connectivity index (χ3v) is 4.68. The van der Waals surface area contributed by atoms with E-state index in [0.29, 0.717) is 17.8 Å². The Kier molecular flexibility index (Phi) is 4.36. The summed E-state index contributed by atoms with van der Waals surface area (Å²) in [5, 5.41) is 0. The molecule has 6 heteroatoms. The van der Waals surface area contributed by atoms with Crippen molar-refractivity contribution in [2.75, 3.05) is 12.8 Å². The van der Waals surface area contributed by atoms with E-state index in [-0.39, 0.29) is 5.75 Å². The first-order valence-electron chi connectivity index (χ1n) is 6.15. The molecule has 0 radical (unpaired) electrons. The van der Waals surface area contributed by atoms with E-state index in [0.717, 1.165) is 5.56 Å². The number of hydrogen-bond acceptors (Lipinski definition) is 4. The van der Waals surface area contributed by atoms with Crippen LogP contribution in [0.2, 0.25) is 0 Å². The van der Waals surface area contributed by atoms with Crippen molar-refractivity contribution < 1.29 is 8.42 Å². The molecule has 5 nitrogen and oxygen atoms in total. The minimum Gasteiger partial charge on any atom is -0.399 e. The summed E-state index contributed by atoms with van der Waals surface area (Å²) in [5.41, 5.74) is 7.76. The number of nitrogens with zero attached hydrogens (tertiary/aromatic N) is 2. The third kappa shape index (κ3) is 3.79. The van der Waals surface area contributed by atoms with Crippen molar-refractivity contribution in [3.05, 3.63) is 59.9 Å². The van der Waals surface area contributed by atoms with E-state index in [1.807, 2.05) is 6.07 Å². The van der Waals surface area contributed by atoms with Crippen molar-refractivity contribution >= 4 is 15.7 Å². The normalized spacial score (nSPS) is 11.7. The molecule has 0 aliphatic rings. The van der Waals surface area contributed by atoms with Crippen LogP contribution in [0.25, 0.3) is 0 Å². The van der Waals surface area contributed by atoms with Crippen LogP contribution in [0.5, 0.6) is 0 Å². The van der Waals surface area contributed by atoms with Crippen molar-refractivity contribution in [3.8, 4) is 0 Å². The summed E-state index contributed by atoms with van der Waals surface area (Å²) in [6.45, 7) is 0.304. The van der Waals surface area contributed by atoms with E-state index in [1.54, 1.807) is 49.8 Å². The van der Waals surface area contributed by atoms with Gasteiger partial charge in [-0.2, -0.15) is 0 Å². The van der Waals surface area contributed by atoms with Crippen LogP contribution in [-0.2, 0) is 22.3 Å². The molecule has 2 N–H and O–H groups in total. The molecular formula is C14H17N3O2S. The highest BCUT2D eigenvalue weighted by Crippen LogP contribution is 2.14. The van der Waals surface area contributed by atoms with E-state index in [1.165, 1.54) is 4.31 Å². The number of pyridine rings is 1. The smallest absolute Gasteiger partial charge is 0.218 e. The summed E-state index contributed by atoms with van der Waals surface area (Å²) in [4.78, 5) is 3.98. The predicted molar refractivity (Wildman–Crippen MR) is 79.2 cm³/mol. The fourth-order valence-corrected chi connectivity index (χ4v) is 3.02. The molecule has 20 heavy (non-hydrogen) atoms. The maximum atomic E-state index is 12.3. The van der Waals surface area contributed by atoms with Gasteiger partial charge in [0, 0.05) is 31.7 Å². The molecule has 0 bridgehead atoms. The molecule has 0 amide bonds. The number of sulfonamides is 1. The molecule has 0 saturated heterocycles. The Labute approximate surface area is 119 Å². The minimum atomic E-state index is -3.38. The zero-order chi connectivity index (χ0) is 14.6. The zero-order valence-electron chi connectivity index (χ0n) is 11.2. The predicted octanol–water partition coefficient (Wildman–Crippen LogP) is 1.63. The first-order chi connectivity index (χ1) is 9.47. The van der Waals surface area contributed by atoms with Crippen molar-refractivity contribution in [1.82, 2.24) is 9.29 Å². The molecular weight excluding hydrogens is 274 g/mol. The summed E-state index contributed by atoms with van der Waals surface area (Å²) in [5.74, 6) is -0.0607. The number of aromatic nitrogens is 1. The number of rotatable bonds is 5. The highest BCUT2D eigenvalue weighted by molar-refractivity contribution is 7.88. The quantitative estimate of drug-likeness (QED) is 0.849. The zero-order valence-corrected chi connectivity index (χ0v) is 12.0. The molecule has 0 aliphatic heterocycles. The van der Waals surface area contributed by atoms with Crippen LogP contribution in [0.15, 0.2) is 48.8 Å². The van der Waals surface area contributed by atoms with E-state index in [4.69, 9.17) is 5.73 Å². The molecule has 0 aliphatic carbocycles. The first-order valence-corrected chi connectivity index (χ1v) is 7.75. The molecule has 2 aromatic rings. The standard InChI is InChI=1S/C14H17N3O2S/c1-17(10-13-5-3-7-16-9-13)20(18,19)11-12-4-2-6-14(15)8-12/h2-9H,10-11,15H2,1H3. The third-order valence-electron chi connectivity index (χ3n) is 2.90. The fourth-order valence-electron chi connectivity index (χ4n) is 1.85. The average molecular weight is 291 g/mol. The summed E-state index contributed by atoms with van der Waals surface area (Å²) < 4.78 is 25.9. The Bertz CT molecular complexity index is 672.